The first kappa shape index (κ1) is 13.4. The molecule has 0 aliphatic carbocycles. The van der Waals surface area contributed by atoms with Crippen LogP contribution in [0.25, 0.3) is 0 Å². The van der Waals surface area contributed by atoms with Crippen LogP contribution in [0.15, 0.2) is 30.5 Å². The Morgan fingerprint density at radius 3 is 2.68 bits per heavy atom. The zero-order valence-electron chi connectivity index (χ0n) is 10.6. The third-order valence-corrected chi connectivity index (χ3v) is 3.05. The number of benzene rings is 1. The van der Waals surface area contributed by atoms with Crippen molar-refractivity contribution >= 4 is 17.5 Å². The van der Waals surface area contributed by atoms with Crippen molar-refractivity contribution in [3.63, 3.8) is 0 Å². The van der Waals surface area contributed by atoms with E-state index in [0.29, 0.717) is 16.5 Å². The van der Waals surface area contributed by atoms with Crippen LogP contribution in [0.2, 0.25) is 5.02 Å². The van der Waals surface area contributed by atoms with Crippen LogP contribution in [0.3, 0.4) is 0 Å². The molecule has 1 aromatic carbocycles. The van der Waals surface area contributed by atoms with Crippen molar-refractivity contribution in [2.75, 3.05) is 0 Å². The summed E-state index contributed by atoms with van der Waals surface area (Å²) in [5.41, 5.74) is 7.18. The molecular weight excluding hydrogens is 264 g/mol. The Bertz CT molecular complexity index is 641. The largest absolute Gasteiger partial charge is 0.456 e. The van der Waals surface area contributed by atoms with E-state index in [2.05, 4.69) is 4.98 Å². The van der Waals surface area contributed by atoms with Crippen molar-refractivity contribution in [2.24, 2.45) is 5.73 Å². The van der Waals surface area contributed by atoms with Crippen molar-refractivity contribution in [1.29, 1.82) is 0 Å². The van der Waals surface area contributed by atoms with Crippen molar-refractivity contribution in [1.82, 2.24) is 4.98 Å². The van der Waals surface area contributed by atoms with Crippen molar-refractivity contribution in [3.05, 3.63) is 52.3 Å². The van der Waals surface area contributed by atoms with E-state index in [4.69, 9.17) is 22.1 Å². The molecule has 1 amide bonds. The summed E-state index contributed by atoms with van der Waals surface area (Å²) >= 11 is 5.95. The average Bonchev–Trinajstić information content (AvgIpc) is 2.33. The molecule has 0 spiro atoms. The van der Waals surface area contributed by atoms with E-state index >= 15 is 0 Å². The van der Waals surface area contributed by atoms with Gasteiger partial charge in [-0.3, -0.25) is 9.78 Å². The summed E-state index contributed by atoms with van der Waals surface area (Å²) in [6, 6.07) is 6.94. The molecule has 4 nitrogen and oxygen atoms in total. The van der Waals surface area contributed by atoms with E-state index in [1.807, 2.05) is 13.8 Å². The van der Waals surface area contributed by atoms with E-state index in [1.54, 1.807) is 24.3 Å². The molecule has 0 saturated carbocycles. The van der Waals surface area contributed by atoms with Gasteiger partial charge in [0.2, 0.25) is 0 Å². The molecule has 1 aromatic heterocycles. The van der Waals surface area contributed by atoms with Crippen molar-refractivity contribution in [3.8, 4) is 11.5 Å². The van der Waals surface area contributed by atoms with Gasteiger partial charge in [0, 0.05) is 23.0 Å². The van der Waals surface area contributed by atoms with Crippen LogP contribution in [0.5, 0.6) is 11.5 Å². The molecule has 98 valence electrons. The minimum atomic E-state index is -0.576. The van der Waals surface area contributed by atoms with Gasteiger partial charge >= 0.3 is 0 Å². The number of rotatable bonds is 3. The molecule has 0 radical (unpaired) electrons. The Hall–Kier alpha value is -2.07. The van der Waals surface area contributed by atoms with Crippen LogP contribution in [0.4, 0.5) is 0 Å². The number of halogens is 1. The lowest BCUT2D eigenvalue weighted by molar-refractivity contribution is 0.0997. The maximum Gasteiger partial charge on any atom is 0.254 e. The summed E-state index contributed by atoms with van der Waals surface area (Å²) in [6.07, 6.45) is 1.41. The first-order chi connectivity index (χ1) is 8.97. The second kappa shape index (κ2) is 5.28. The number of aryl methyl sites for hydroxylation is 2. The number of carbonyl (C=O) groups is 1. The lowest BCUT2D eigenvalue weighted by Gasteiger charge is -2.10. The molecule has 0 aliphatic heterocycles. The van der Waals surface area contributed by atoms with Crippen LogP contribution in [-0.2, 0) is 0 Å². The molecule has 19 heavy (non-hydrogen) atoms. The molecule has 2 aromatic rings. The number of pyridine rings is 1. The van der Waals surface area contributed by atoms with Crippen LogP contribution in [-0.4, -0.2) is 10.9 Å². The summed E-state index contributed by atoms with van der Waals surface area (Å²) in [5, 5.41) is 0.661. The summed E-state index contributed by atoms with van der Waals surface area (Å²) < 4.78 is 5.69. The highest BCUT2D eigenvalue weighted by Crippen LogP contribution is 2.28. The van der Waals surface area contributed by atoms with Gasteiger partial charge in [-0.2, -0.15) is 0 Å². The second-order valence-corrected chi connectivity index (χ2v) is 4.61. The molecule has 0 bridgehead atoms. The number of aromatic nitrogens is 1. The minimum absolute atomic E-state index is 0.248. The van der Waals surface area contributed by atoms with E-state index in [0.717, 1.165) is 11.3 Å². The van der Waals surface area contributed by atoms with Gasteiger partial charge < -0.3 is 10.5 Å². The molecule has 2 rings (SSSR count). The number of primary amides is 1. The number of nitrogens with two attached hydrogens (primary N) is 1. The Kier molecular flexibility index (Phi) is 3.71. The van der Waals surface area contributed by atoms with Gasteiger partial charge in [0.1, 0.15) is 17.1 Å². The summed E-state index contributed by atoms with van der Waals surface area (Å²) in [4.78, 5) is 15.4. The monoisotopic (exact) mass is 276 g/mol. The lowest BCUT2D eigenvalue weighted by Crippen LogP contribution is -2.13. The number of carbonyl (C=O) groups excluding carboxylic acids is 1. The van der Waals surface area contributed by atoms with Crippen molar-refractivity contribution < 1.29 is 9.53 Å². The zero-order chi connectivity index (χ0) is 14.0. The first-order valence-electron chi connectivity index (χ1n) is 5.68. The molecule has 0 unspecified atom stereocenters. The molecule has 0 fully saturated rings. The lowest BCUT2D eigenvalue weighted by atomic mass is 10.2. The number of nitrogens with zero attached hydrogens (tertiary/aromatic N) is 1. The molecular formula is C14H13ClN2O2. The zero-order valence-corrected chi connectivity index (χ0v) is 11.4. The van der Waals surface area contributed by atoms with Crippen LogP contribution >= 0.6 is 11.6 Å². The first-order valence-corrected chi connectivity index (χ1v) is 6.05. The highest BCUT2D eigenvalue weighted by atomic mass is 35.5. The summed E-state index contributed by atoms with van der Waals surface area (Å²) in [5.74, 6) is 0.407. The Balaban J connectivity index is 2.39. The third-order valence-electron chi connectivity index (χ3n) is 2.63. The van der Waals surface area contributed by atoms with E-state index < -0.39 is 5.91 Å². The fraction of sp³-hybridized carbons (Fsp3) is 0.143. The van der Waals surface area contributed by atoms with Gasteiger partial charge in [0.15, 0.2) is 0 Å². The van der Waals surface area contributed by atoms with Gasteiger partial charge in [-0.05, 0) is 37.6 Å². The maximum atomic E-state index is 11.3. The maximum absolute atomic E-state index is 11.3. The fourth-order valence-corrected chi connectivity index (χ4v) is 1.73. The molecule has 5 heteroatoms. The Labute approximate surface area is 116 Å². The molecule has 0 aliphatic rings. The van der Waals surface area contributed by atoms with E-state index in [-0.39, 0.29) is 5.56 Å². The summed E-state index contributed by atoms with van der Waals surface area (Å²) in [6.45, 7) is 3.69. The predicted octanol–water partition coefficient (Wildman–Crippen LogP) is 3.24. The van der Waals surface area contributed by atoms with Gasteiger partial charge in [0.25, 0.3) is 5.91 Å². The Morgan fingerprint density at radius 2 is 2.05 bits per heavy atom. The Morgan fingerprint density at radius 1 is 1.32 bits per heavy atom. The topological polar surface area (TPSA) is 65.2 Å². The molecule has 1 heterocycles. The minimum Gasteiger partial charge on any atom is -0.456 e. The fourth-order valence-electron chi connectivity index (χ4n) is 1.61. The van der Waals surface area contributed by atoms with Gasteiger partial charge in [-0.25, -0.2) is 0 Å². The van der Waals surface area contributed by atoms with E-state index in [9.17, 15) is 4.79 Å². The molecule has 0 saturated heterocycles. The standard InChI is InChI=1S/C14H13ClN2O2/c1-8-5-10(3-4-12(8)15)19-13-6-9(2)17-7-11(13)14(16)18/h3-7H,1-2H3,(H2,16,18). The van der Waals surface area contributed by atoms with Crippen LogP contribution in [0, 0.1) is 13.8 Å². The number of amides is 1. The number of hydrogen-bond donors (Lipinski definition) is 1. The normalized spacial score (nSPS) is 10.3. The second-order valence-electron chi connectivity index (χ2n) is 4.20. The van der Waals surface area contributed by atoms with Crippen molar-refractivity contribution in [2.45, 2.75) is 13.8 Å². The highest BCUT2D eigenvalue weighted by molar-refractivity contribution is 6.31. The van der Waals surface area contributed by atoms with Gasteiger partial charge in [0.05, 0.1) is 0 Å². The quantitative estimate of drug-likeness (QED) is 0.936. The number of ether oxygens (including phenoxy) is 1. The van der Waals surface area contributed by atoms with E-state index in [1.165, 1.54) is 6.20 Å². The summed E-state index contributed by atoms with van der Waals surface area (Å²) in [7, 11) is 0. The van der Waals surface area contributed by atoms with Crippen LogP contribution in [0.1, 0.15) is 21.6 Å². The smallest absolute Gasteiger partial charge is 0.254 e. The average molecular weight is 277 g/mol. The van der Waals surface area contributed by atoms with Crippen LogP contribution < -0.4 is 10.5 Å². The van der Waals surface area contributed by atoms with Gasteiger partial charge in [-0.15, -0.1) is 0 Å². The SMILES string of the molecule is Cc1cc(Oc2ccc(Cl)c(C)c2)c(C(N)=O)cn1. The molecule has 2 N–H and O–H groups in total. The molecule has 0 atom stereocenters. The third kappa shape index (κ3) is 3.03. The highest BCUT2D eigenvalue weighted by Gasteiger charge is 2.11. The number of hydrogen-bond acceptors (Lipinski definition) is 3. The van der Waals surface area contributed by atoms with Gasteiger partial charge in [-0.1, -0.05) is 11.6 Å². The predicted molar refractivity (Wildman–Crippen MR) is 73.8 cm³/mol.